The molecule has 0 fully saturated rings. The van der Waals surface area contributed by atoms with E-state index in [0.29, 0.717) is 5.56 Å². The van der Waals surface area contributed by atoms with E-state index in [-0.39, 0.29) is 22.6 Å². The van der Waals surface area contributed by atoms with Gasteiger partial charge in [0.25, 0.3) is 6.43 Å². The largest absolute Gasteiger partial charge is 0.481 e. The Morgan fingerprint density at radius 1 is 1.64 bits per heavy atom. The first kappa shape index (κ1) is 11.2. The minimum Gasteiger partial charge on any atom is -0.481 e. The average molecular weight is 267 g/mol. The summed E-state index contributed by atoms with van der Waals surface area (Å²) in [6.07, 6.45) is -2.62. The van der Waals surface area contributed by atoms with Gasteiger partial charge in [0.2, 0.25) is 5.88 Å². The van der Waals surface area contributed by atoms with Crippen LogP contribution < -0.4 is 10.5 Å². The van der Waals surface area contributed by atoms with Crippen LogP contribution in [0.25, 0.3) is 0 Å². The van der Waals surface area contributed by atoms with Crippen molar-refractivity contribution in [1.29, 1.82) is 0 Å². The zero-order valence-electron chi connectivity index (χ0n) is 7.43. The van der Waals surface area contributed by atoms with Gasteiger partial charge in [0.05, 0.1) is 12.7 Å². The van der Waals surface area contributed by atoms with Gasteiger partial charge in [0, 0.05) is 5.33 Å². The third-order valence-electron chi connectivity index (χ3n) is 1.68. The number of pyridine rings is 1. The summed E-state index contributed by atoms with van der Waals surface area (Å²) >= 11 is 3.10. The summed E-state index contributed by atoms with van der Waals surface area (Å²) in [7, 11) is 1.28. The van der Waals surface area contributed by atoms with Crippen LogP contribution in [-0.2, 0) is 5.33 Å². The Kier molecular flexibility index (Phi) is 3.62. The highest BCUT2D eigenvalue weighted by atomic mass is 79.9. The highest BCUT2D eigenvalue weighted by Gasteiger charge is 2.20. The van der Waals surface area contributed by atoms with Crippen molar-refractivity contribution in [3.8, 4) is 5.88 Å². The number of hydrogen-bond acceptors (Lipinski definition) is 3. The molecule has 0 aliphatic rings. The van der Waals surface area contributed by atoms with Crippen LogP contribution in [0, 0.1) is 0 Å². The number of nitrogens with zero attached hydrogens (tertiary/aromatic N) is 1. The van der Waals surface area contributed by atoms with E-state index in [1.54, 1.807) is 0 Å². The van der Waals surface area contributed by atoms with E-state index in [9.17, 15) is 8.78 Å². The van der Waals surface area contributed by atoms with Crippen LogP contribution in [-0.4, -0.2) is 12.1 Å². The zero-order valence-corrected chi connectivity index (χ0v) is 9.01. The third-order valence-corrected chi connectivity index (χ3v) is 2.29. The van der Waals surface area contributed by atoms with Gasteiger partial charge in [0.15, 0.2) is 0 Å². The number of hydrogen-bond donors (Lipinski definition) is 1. The number of nitrogen functional groups attached to an aromatic ring is 1. The van der Waals surface area contributed by atoms with E-state index in [1.807, 2.05) is 0 Å². The van der Waals surface area contributed by atoms with Crippen molar-refractivity contribution < 1.29 is 13.5 Å². The van der Waals surface area contributed by atoms with Gasteiger partial charge >= 0.3 is 0 Å². The SMILES string of the molecule is COc1nc(N)cc(CBr)c1C(F)F. The second-order valence-corrected chi connectivity index (χ2v) is 3.12. The lowest BCUT2D eigenvalue weighted by molar-refractivity contribution is 0.145. The van der Waals surface area contributed by atoms with E-state index < -0.39 is 6.43 Å². The van der Waals surface area contributed by atoms with Crippen LogP contribution >= 0.6 is 15.9 Å². The molecule has 1 aromatic rings. The van der Waals surface area contributed by atoms with Crippen LogP contribution in [0.2, 0.25) is 0 Å². The summed E-state index contributed by atoms with van der Waals surface area (Å²) in [5.41, 5.74) is 5.61. The van der Waals surface area contributed by atoms with Crippen molar-refractivity contribution in [3.05, 3.63) is 17.2 Å². The third kappa shape index (κ3) is 2.12. The molecule has 6 heteroatoms. The van der Waals surface area contributed by atoms with Crippen LogP contribution in [0.4, 0.5) is 14.6 Å². The van der Waals surface area contributed by atoms with Crippen LogP contribution in [0.15, 0.2) is 6.07 Å². The highest BCUT2D eigenvalue weighted by Crippen LogP contribution is 2.32. The van der Waals surface area contributed by atoms with Crippen LogP contribution in [0.3, 0.4) is 0 Å². The molecular weight excluding hydrogens is 258 g/mol. The molecule has 0 aliphatic heterocycles. The van der Waals surface area contributed by atoms with Crippen molar-refractivity contribution in [2.24, 2.45) is 0 Å². The first-order chi connectivity index (χ1) is 6.60. The molecule has 1 rings (SSSR count). The molecule has 2 N–H and O–H groups in total. The lowest BCUT2D eigenvalue weighted by atomic mass is 10.1. The fourth-order valence-electron chi connectivity index (χ4n) is 1.10. The zero-order chi connectivity index (χ0) is 10.7. The summed E-state index contributed by atoms with van der Waals surface area (Å²) in [5, 5.41) is 0.287. The lowest BCUT2D eigenvalue weighted by Gasteiger charge is -2.11. The van der Waals surface area contributed by atoms with Gasteiger partial charge in [-0.25, -0.2) is 8.78 Å². The number of nitrogens with two attached hydrogens (primary N) is 1. The standard InChI is InChI=1S/C8H9BrF2N2O/c1-14-8-6(7(10)11)4(3-9)2-5(12)13-8/h2,7H,3H2,1H3,(H2,12,13). The van der Waals surface area contributed by atoms with E-state index >= 15 is 0 Å². The van der Waals surface area contributed by atoms with Crippen molar-refractivity contribution in [1.82, 2.24) is 4.98 Å². The topological polar surface area (TPSA) is 48.1 Å². The molecule has 1 aromatic heterocycles. The molecule has 0 spiro atoms. The molecule has 0 amide bonds. The molecule has 0 aliphatic carbocycles. The highest BCUT2D eigenvalue weighted by molar-refractivity contribution is 9.08. The molecule has 14 heavy (non-hydrogen) atoms. The van der Waals surface area contributed by atoms with Gasteiger partial charge in [-0.1, -0.05) is 15.9 Å². The van der Waals surface area contributed by atoms with Gasteiger partial charge < -0.3 is 10.5 Å². The average Bonchev–Trinajstić information content (AvgIpc) is 2.15. The minimum atomic E-state index is -2.62. The quantitative estimate of drug-likeness (QED) is 0.856. The van der Waals surface area contributed by atoms with E-state index in [2.05, 4.69) is 20.9 Å². The normalized spacial score (nSPS) is 10.6. The predicted octanol–water partition coefficient (Wildman–Crippen LogP) is 2.50. The van der Waals surface area contributed by atoms with Crippen molar-refractivity contribution >= 4 is 21.7 Å². The van der Waals surface area contributed by atoms with Gasteiger partial charge in [0.1, 0.15) is 5.82 Å². The molecule has 1 heterocycles. The molecule has 0 aromatic carbocycles. The number of rotatable bonds is 3. The molecule has 0 saturated carbocycles. The summed E-state index contributed by atoms with van der Waals surface area (Å²) in [6.45, 7) is 0. The van der Waals surface area contributed by atoms with Crippen LogP contribution in [0.1, 0.15) is 17.6 Å². The number of anilines is 1. The minimum absolute atomic E-state index is 0.116. The van der Waals surface area contributed by atoms with E-state index in [0.717, 1.165) is 0 Å². The summed E-state index contributed by atoms with van der Waals surface area (Å²) in [6, 6.07) is 1.40. The molecule has 0 bridgehead atoms. The molecular formula is C8H9BrF2N2O. The lowest BCUT2D eigenvalue weighted by Crippen LogP contribution is -2.03. The molecule has 0 saturated heterocycles. The second-order valence-electron chi connectivity index (χ2n) is 2.56. The van der Waals surface area contributed by atoms with Crippen molar-refractivity contribution in [2.75, 3.05) is 12.8 Å². The Bertz CT molecular complexity index is 308. The van der Waals surface area contributed by atoms with Crippen LogP contribution in [0.5, 0.6) is 5.88 Å². The Morgan fingerprint density at radius 3 is 2.71 bits per heavy atom. The van der Waals surface area contributed by atoms with Gasteiger partial charge in [-0.3, -0.25) is 0 Å². The van der Waals surface area contributed by atoms with Crippen molar-refractivity contribution in [3.63, 3.8) is 0 Å². The number of alkyl halides is 3. The summed E-state index contributed by atoms with van der Waals surface area (Å²) in [4.78, 5) is 3.68. The maximum atomic E-state index is 12.6. The number of ether oxygens (including phenoxy) is 1. The molecule has 3 nitrogen and oxygen atoms in total. The maximum absolute atomic E-state index is 12.6. The fourth-order valence-corrected chi connectivity index (χ4v) is 1.57. The Morgan fingerprint density at radius 2 is 2.29 bits per heavy atom. The summed E-state index contributed by atoms with van der Waals surface area (Å²) < 4.78 is 30.0. The Labute approximate surface area is 88.4 Å². The molecule has 0 unspecified atom stereocenters. The van der Waals surface area contributed by atoms with E-state index in [1.165, 1.54) is 13.2 Å². The number of halogens is 3. The Balaban J connectivity index is 3.33. The molecule has 0 radical (unpaired) electrons. The fraction of sp³-hybridized carbons (Fsp3) is 0.375. The smallest absolute Gasteiger partial charge is 0.269 e. The van der Waals surface area contributed by atoms with Gasteiger partial charge in [-0.05, 0) is 11.6 Å². The molecule has 78 valence electrons. The van der Waals surface area contributed by atoms with Crippen molar-refractivity contribution in [2.45, 2.75) is 11.8 Å². The van der Waals surface area contributed by atoms with Gasteiger partial charge in [-0.2, -0.15) is 4.98 Å². The number of aromatic nitrogens is 1. The predicted molar refractivity (Wildman–Crippen MR) is 52.8 cm³/mol. The first-order valence-electron chi connectivity index (χ1n) is 3.77. The second kappa shape index (κ2) is 4.54. The first-order valence-corrected chi connectivity index (χ1v) is 4.89. The van der Waals surface area contributed by atoms with E-state index in [4.69, 9.17) is 10.5 Å². The molecule has 0 atom stereocenters. The summed E-state index contributed by atoms with van der Waals surface area (Å²) in [5.74, 6) is 0.0511. The monoisotopic (exact) mass is 266 g/mol. The maximum Gasteiger partial charge on any atom is 0.269 e. The Hall–Kier alpha value is -0.910. The van der Waals surface area contributed by atoms with Gasteiger partial charge in [-0.15, -0.1) is 0 Å². The number of methoxy groups -OCH3 is 1.